The van der Waals surface area contributed by atoms with Crippen molar-refractivity contribution in [1.29, 1.82) is 0 Å². The molecule has 0 N–H and O–H groups in total. The summed E-state index contributed by atoms with van der Waals surface area (Å²) in [5, 5.41) is 1.12. The number of allylic oxidation sites excluding steroid dienone is 2. The molecule has 1 aliphatic carbocycles. The summed E-state index contributed by atoms with van der Waals surface area (Å²) < 4.78 is 19.3. The van der Waals surface area contributed by atoms with Crippen LogP contribution in [0.25, 0.3) is 22.1 Å². The van der Waals surface area contributed by atoms with Gasteiger partial charge in [0, 0.05) is 34.5 Å². The minimum atomic E-state index is -0.172. The van der Waals surface area contributed by atoms with Gasteiger partial charge in [-0.3, -0.25) is 0 Å². The van der Waals surface area contributed by atoms with Gasteiger partial charge in [0.1, 0.15) is 22.8 Å². The number of para-hydroxylation sites is 3. The summed E-state index contributed by atoms with van der Waals surface area (Å²) in [6, 6.07) is 37.2. The summed E-state index contributed by atoms with van der Waals surface area (Å²) in [4.78, 5) is 2.41. The minimum absolute atomic E-state index is 0.0595. The van der Waals surface area contributed by atoms with E-state index in [9.17, 15) is 0 Å². The summed E-state index contributed by atoms with van der Waals surface area (Å²) in [5.74, 6) is 3.88. The number of benzene rings is 5. The number of nitrogens with zero attached hydrogens (tertiary/aromatic N) is 1. The van der Waals surface area contributed by atoms with Gasteiger partial charge >= 0.3 is 0 Å². The number of rotatable bonds is 2. The van der Waals surface area contributed by atoms with E-state index in [0.29, 0.717) is 0 Å². The first kappa shape index (κ1) is 26.1. The average molecular weight is 598 g/mol. The van der Waals surface area contributed by atoms with Gasteiger partial charge in [-0.05, 0) is 77.2 Å². The minimum Gasteiger partial charge on any atom is -0.464 e. The predicted molar refractivity (Wildman–Crippen MR) is 186 cm³/mol. The molecule has 4 heterocycles. The van der Waals surface area contributed by atoms with E-state index in [1.54, 1.807) is 6.26 Å². The summed E-state index contributed by atoms with van der Waals surface area (Å²) in [5.41, 5.74) is 13.0. The zero-order valence-electron chi connectivity index (χ0n) is 26.0. The van der Waals surface area contributed by atoms with E-state index in [1.807, 2.05) is 6.07 Å². The molecule has 0 radical (unpaired) electrons. The van der Waals surface area contributed by atoms with Crippen molar-refractivity contribution in [3.8, 4) is 28.4 Å². The highest BCUT2D eigenvalue weighted by molar-refractivity contribution is 6.98. The largest absolute Gasteiger partial charge is 0.464 e. The van der Waals surface area contributed by atoms with Gasteiger partial charge in [-0.1, -0.05) is 86.0 Å². The van der Waals surface area contributed by atoms with E-state index in [0.717, 1.165) is 70.2 Å². The Hall–Kier alpha value is -5.16. The Bertz CT molecular complexity index is 2280. The van der Waals surface area contributed by atoms with Crippen LogP contribution in [-0.4, -0.2) is 6.71 Å². The highest BCUT2D eigenvalue weighted by Crippen LogP contribution is 2.47. The number of hydrogen-bond acceptors (Lipinski definition) is 4. The first-order valence-corrected chi connectivity index (χ1v) is 16.4. The third kappa shape index (κ3) is 3.57. The lowest BCUT2D eigenvalue weighted by Gasteiger charge is -2.42. The molecule has 3 aliphatic heterocycles. The van der Waals surface area contributed by atoms with Crippen LogP contribution in [0.15, 0.2) is 125 Å². The second-order valence-electron chi connectivity index (χ2n) is 13.5. The lowest BCUT2D eigenvalue weighted by atomic mass is 9.30. The van der Waals surface area contributed by atoms with Crippen molar-refractivity contribution >= 4 is 45.4 Å². The topological polar surface area (TPSA) is 34.8 Å². The van der Waals surface area contributed by atoms with Crippen LogP contribution < -0.4 is 30.8 Å². The molecule has 1 aromatic heterocycles. The summed E-state index contributed by atoms with van der Waals surface area (Å²) in [7, 11) is 0. The van der Waals surface area contributed by atoms with Gasteiger partial charge in [-0.25, -0.2) is 0 Å². The van der Waals surface area contributed by atoms with Crippen LogP contribution >= 0.6 is 0 Å². The molecule has 222 valence electrons. The summed E-state index contributed by atoms with van der Waals surface area (Å²) in [6.07, 6.45) is 6.09. The maximum Gasteiger partial charge on any atom is 0.251 e. The third-order valence-corrected chi connectivity index (χ3v) is 10.6. The molecule has 0 unspecified atom stereocenters. The fourth-order valence-corrected chi connectivity index (χ4v) is 8.47. The Morgan fingerprint density at radius 3 is 2.52 bits per heavy atom. The molecular formula is C41H32BNO3. The zero-order valence-corrected chi connectivity index (χ0v) is 26.0. The van der Waals surface area contributed by atoms with Crippen molar-refractivity contribution in [2.75, 3.05) is 4.90 Å². The predicted octanol–water partition coefficient (Wildman–Crippen LogP) is 8.68. The van der Waals surface area contributed by atoms with E-state index >= 15 is 0 Å². The van der Waals surface area contributed by atoms with Gasteiger partial charge in [0.25, 0.3) is 6.71 Å². The molecule has 0 spiro atoms. The van der Waals surface area contributed by atoms with Crippen molar-refractivity contribution in [3.63, 3.8) is 0 Å². The molecule has 46 heavy (non-hydrogen) atoms. The Morgan fingerprint density at radius 2 is 1.57 bits per heavy atom. The molecule has 4 nitrogen and oxygen atoms in total. The fourth-order valence-electron chi connectivity index (χ4n) is 8.47. The Labute approximate surface area is 269 Å². The number of hydrogen-bond donors (Lipinski definition) is 0. The molecule has 10 rings (SSSR count). The maximum absolute atomic E-state index is 6.86. The Balaban J connectivity index is 1.17. The lowest BCUT2D eigenvalue weighted by Crippen LogP contribution is -2.62. The second kappa shape index (κ2) is 9.43. The van der Waals surface area contributed by atoms with Gasteiger partial charge in [-0.2, -0.15) is 0 Å². The molecule has 0 bridgehead atoms. The molecule has 5 heteroatoms. The van der Waals surface area contributed by atoms with E-state index in [-0.39, 0.29) is 12.1 Å². The Morgan fingerprint density at radius 1 is 0.696 bits per heavy atom. The van der Waals surface area contributed by atoms with Crippen LogP contribution in [0, 0.1) is 0 Å². The van der Waals surface area contributed by atoms with E-state index in [4.69, 9.17) is 13.9 Å². The number of anilines is 2. The first-order valence-electron chi connectivity index (χ1n) is 16.4. The van der Waals surface area contributed by atoms with Gasteiger partial charge in [0.05, 0.1) is 17.6 Å². The molecule has 4 aliphatic rings. The van der Waals surface area contributed by atoms with Crippen molar-refractivity contribution < 1.29 is 13.9 Å². The fraction of sp³-hybridized carbons (Fsp3) is 0.171. The highest BCUT2D eigenvalue weighted by Gasteiger charge is 2.45. The standard InChI is InChI=1S/C41H32BNO3/c1-41(2)29-19-17-26(28-10-7-9-25-21-22-44-40(25)28)23-32(29)42-31-20-18-27(24-38(31)46-37-16-8-11-30(41)39(37)42)43-33-12-3-5-14-35(33)45-36-15-6-4-13-34(36)43/h3,5,7-12,14,16-24H,4,6,13,15H2,1-2H3. The van der Waals surface area contributed by atoms with Crippen LogP contribution in [0.5, 0.6) is 17.2 Å². The molecule has 0 atom stereocenters. The van der Waals surface area contributed by atoms with Crippen molar-refractivity contribution in [2.24, 2.45) is 0 Å². The average Bonchev–Trinajstić information content (AvgIpc) is 3.58. The molecular weight excluding hydrogens is 565 g/mol. The molecule has 0 amide bonds. The number of furan rings is 1. The van der Waals surface area contributed by atoms with Crippen LogP contribution in [0.4, 0.5) is 11.4 Å². The molecule has 5 aromatic carbocycles. The first-order chi connectivity index (χ1) is 22.6. The van der Waals surface area contributed by atoms with E-state index in [1.165, 1.54) is 45.2 Å². The SMILES string of the molecule is CC1(C)c2ccc(-c3cccc4ccoc34)cc2B2c3ccc(N4C5=C(CCCC5)Oc5ccccc54)cc3Oc3cccc1c32. The van der Waals surface area contributed by atoms with Crippen molar-refractivity contribution in [2.45, 2.75) is 44.9 Å². The lowest BCUT2D eigenvalue weighted by molar-refractivity contribution is 0.363. The van der Waals surface area contributed by atoms with E-state index < -0.39 is 0 Å². The smallest absolute Gasteiger partial charge is 0.251 e. The zero-order chi connectivity index (χ0) is 30.6. The normalized spacial score (nSPS) is 16.9. The van der Waals surface area contributed by atoms with E-state index in [2.05, 4.69) is 116 Å². The molecule has 0 fully saturated rings. The van der Waals surface area contributed by atoms with Gasteiger partial charge in [0.15, 0.2) is 5.75 Å². The Kier molecular flexibility index (Phi) is 5.35. The quantitative estimate of drug-likeness (QED) is 0.187. The van der Waals surface area contributed by atoms with Crippen LogP contribution in [-0.2, 0) is 5.41 Å². The van der Waals surface area contributed by atoms with Crippen molar-refractivity contribution in [3.05, 3.63) is 132 Å². The summed E-state index contributed by atoms with van der Waals surface area (Å²) in [6.45, 7) is 4.74. The van der Waals surface area contributed by atoms with Crippen LogP contribution in [0.3, 0.4) is 0 Å². The molecule has 0 saturated carbocycles. The summed E-state index contributed by atoms with van der Waals surface area (Å²) >= 11 is 0. The monoisotopic (exact) mass is 597 g/mol. The van der Waals surface area contributed by atoms with Crippen LogP contribution in [0.1, 0.15) is 50.7 Å². The van der Waals surface area contributed by atoms with Gasteiger partial charge < -0.3 is 18.8 Å². The third-order valence-electron chi connectivity index (χ3n) is 10.6. The van der Waals surface area contributed by atoms with Gasteiger partial charge in [0.2, 0.25) is 0 Å². The number of ether oxygens (including phenoxy) is 2. The molecule has 6 aromatic rings. The van der Waals surface area contributed by atoms with Crippen LogP contribution in [0.2, 0.25) is 0 Å². The highest BCUT2D eigenvalue weighted by atomic mass is 16.5. The number of fused-ring (bicyclic) bond motifs is 6. The van der Waals surface area contributed by atoms with Crippen molar-refractivity contribution in [1.82, 2.24) is 0 Å². The van der Waals surface area contributed by atoms with Gasteiger partial charge in [-0.15, -0.1) is 0 Å². The maximum atomic E-state index is 6.86. The second-order valence-corrected chi connectivity index (χ2v) is 13.5. The molecule has 0 saturated heterocycles.